The zero-order valence-corrected chi connectivity index (χ0v) is 13.2. The average Bonchev–Trinajstić information content (AvgIpc) is 2.60. The van der Waals surface area contributed by atoms with Gasteiger partial charge in [0, 0.05) is 17.3 Å². The molecule has 0 aliphatic carbocycles. The van der Waals surface area contributed by atoms with E-state index in [1.807, 2.05) is 0 Å². The Bertz CT molecular complexity index is 696. The van der Waals surface area contributed by atoms with Crippen molar-refractivity contribution in [2.75, 3.05) is 26.6 Å². The highest BCUT2D eigenvalue weighted by Crippen LogP contribution is 2.29. The average molecular weight is 314 g/mol. The Hall–Kier alpha value is -3.02. The number of ether oxygens (including phenoxy) is 2. The zero-order valence-electron chi connectivity index (χ0n) is 13.2. The van der Waals surface area contributed by atoms with Crippen molar-refractivity contribution in [2.24, 2.45) is 5.16 Å². The van der Waals surface area contributed by atoms with Gasteiger partial charge in [0.05, 0.1) is 20.4 Å². The molecule has 0 fully saturated rings. The predicted molar refractivity (Wildman–Crippen MR) is 88.5 cm³/mol. The monoisotopic (exact) mass is 314 g/mol. The first-order valence-corrected chi connectivity index (χ1v) is 6.88. The van der Waals surface area contributed by atoms with Gasteiger partial charge in [0.1, 0.15) is 7.11 Å². The fourth-order valence-corrected chi connectivity index (χ4v) is 1.95. The number of nitrogens with zero attached hydrogens (tertiary/aromatic N) is 1. The van der Waals surface area contributed by atoms with Gasteiger partial charge in [0.25, 0.3) is 5.91 Å². The number of carbonyl (C=O) groups is 1. The van der Waals surface area contributed by atoms with Crippen LogP contribution in [0, 0.1) is 0 Å². The van der Waals surface area contributed by atoms with Gasteiger partial charge in [-0.25, -0.2) is 0 Å². The third-order valence-corrected chi connectivity index (χ3v) is 3.12. The molecule has 0 aliphatic rings. The van der Waals surface area contributed by atoms with Gasteiger partial charge in [-0.3, -0.25) is 4.79 Å². The summed E-state index contributed by atoms with van der Waals surface area (Å²) >= 11 is 0. The minimum Gasteiger partial charge on any atom is -0.493 e. The lowest BCUT2D eigenvalue weighted by Gasteiger charge is -2.10. The summed E-state index contributed by atoms with van der Waals surface area (Å²) in [6.07, 6.45) is 1.57. The molecule has 0 aliphatic heterocycles. The van der Waals surface area contributed by atoms with Crippen molar-refractivity contribution < 1.29 is 19.1 Å². The Morgan fingerprint density at radius 1 is 1.00 bits per heavy atom. The van der Waals surface area contributed by atoms with Crippen LogP contribution in [0.1, 0.15) is 15.9 Å². The summed E-state index contributed by atoms with van der Waals surface area (Å²) < 4.78 is 10.4. The first kappa shape index (κ1) is 16.4. The van der Waals surface area contributed by atoms with Crippen LogP contribution >= 0.6 is 0 Å². The number of hydrogen-bond acceptors (Lipinski definition) is 5. The predicted octanol–water partition coefficient (Wildman–Crippen LogP) is 2.94. The van der Waals surface area contributed by atoms with Crippen molar-refractivity contribution in [1.29, 1.82) is 0 Å². The summed E-state index contributed by atoms with van der Waals surface area (Å²) in [4.78, 5) is 16.9. The van der Waals surface area contributed by atoms with Crippen molar-refractivity contribution in [3.8, 4) is 11.5 Å². The molecule has 1 N–H and O–H groups in total. The summed E-state index contributed by atoms with van der Waals surface area (Å²) in [5.41, 5.74) is 2.00. The molecule has 6 heteroatoms. The molecule has 0 bridgehead atoms. The van der Waals surface area contributed by atoms with Crippen LogP contribution in [0.4, 0.5) is 5.69 Å². The van der Waals surface area contributed by atoms with E-state index in [1.54, 1.807) is 62.9 Å². The van der Waals surface area contributed by atoms with Gasteiger partial charge in [-0.2, -0.15) is 0 Å². The van der Waals surface area contributed by atoms with Crippen molar-refractivity contribution in [2.45, 2.75) is 0 Å². The highest BCUT2D eigenvalue weighted by Gasteiger charge is 2.09. The number of hydrogen-bond donors (Lipinski definition) is 1. The molecule has 0 radical (unpaired) electrons. The minimum absolute atomic E-state index is 0.215. The second kappa shape index (κ2) is 7.84. The van der Waals surface area contributed by atoms with Crippen LogP contribution in [0.15, 0.2) is 47.6 Å². The number of anilines is 1. The van der Waals surface area contributed by atoms with E-state index in [2.05, 4.69) is 15.3 Å². The van der Waals surface area contributed by atoms with Gasteiger partial charge in [0.15, 0.2) is 11.5 Å². The quantitative estimate of drug-likeness (QED) is 0.657. The lowest BCUT2D eigenvalue weighted by Crippen LogP contribution is -2.12. The molecule has 1 amide bonds. The molecular formula is C17H18N2O4. The smallest absolute Gasteiger partial charge is 0.255 e. The third-order valence-electron chi connectivity index (χ3n) is 3.12. The number of methoxy groups -OCH3 is 2. The van der Waals surface area contributed by atoms with Crippen LogP contribution in [0.3, 0.4) is 0 Å². The maximum Gasteiger partial charge on any atom is 0.255 e. The van der Waals surface area contributed by atoms with Gasteiger partial charge in [-0.1, -0.05) is 17.3 Å². The molecule has 6 nitrogen and oxygen atoms in total. The van der Waals surface area contributed by atoms with Crippen LogP contribution in [0.5, 0.6) is 11.5 Å². The number of nitrogens with one attached hydrogen (secondary N) is 1. The highest BCUT2D eigenvalue weighted by molar-refractivity contribution is 6.04. The van der Waals surface area contributed by atoms with E-state index >= 15 is 0 Å². The minimum atomic E-state index is -0.215. The zero-order chi connectivity index (χ0) is 16.7. The van der Waals surface area contributed by atoms with E-state index in [0.717, 1.165) is 5.56 Å². The Balaban J connectivity index is 2.11. The molecule has 0 unspecified atom stereocenters. The number of benzene rings is 2. The van der Waals surface area contributed by atoms with Gasteiger partial charge in [0.2, 0.25) is 0 Å². The summed E-state index contributed by atoms with van der Waals surface area (Å²) in [6, 6.07) is 12.2. The molecule has 2 rings (SSSR count). The van der Waals surface area contributed by atoms with E-state index < -0.39 is 0 Å². The standard InChI is InChI=1S/C17H18N2O4/c1-21-15-9-8-14(10-16(15)22-2)19-17(20)13-6-4-12(5-7-13)11-18-23-3/h4-11H,1-3H3,(H,19,20)/b18-11+. The van der Waals surface area contributed by atoms with E-state index in [9.17, 15) is 4.79 Å². The summed E-state index contributed by atoms with van der Waals surface area (Å²) in [6.45, 7) is 0. The van der Waals surface area contributed by atoms with Gasteiger partial charge < -0.3 is 19.6 Å². The van der Waals surface area contributed by atoms with Gasteiger partial charge >= 0.3 is 0 Å². The molecule has 120 valence electrons. The number of rotatable bonds is 6. The molecule has 2 aromatic carbocycles. The van der Waals surface area contributed by atoms with Crippen molar-refractivity contribution >= 4 is 17.8 Å². The Morgan fingerprint density at radius 2 is 1.70 bits per heavy atom. The SMILES string of the molecule is CO/N=C/c1ccc(C(=O)Nc2ccc(OC)c(OC)c2)cc1. The van der Waals surface area contributed by atoms with Gasteiger partial charge in [-0.05, 0) is 29.8 Å². The fraction of sp³-hybridized carbons (Fsp3) is 0.176. The summed E-state index contributed by atoms with van der Waals surface area (Å²) in [7, 11) is 4.58. The largest absolute Gasteiger partial charge is 0.493 e. The Kier molecular flexibility index (Phi) is 5.57. The van der Waals surface area contributed by atoms with E-state index in [-0.39, 0.29) is 5.91 Å². The first-order chi connectivity index (χ1) is 11.2. The highest BCUT2D eigenvalue weighted by atomic mass is 16.6. The van der Waals surface area contributed by atoms with Crippen molar-refractivity contribution in [1.82, 2.24) is 0 Å². The fourth-order valence-electron chi connectivity index (χ4n) is 1.95. The lowest BCUT2D eigenvalue weighted by molar-refractivity contribution is 0.102. The topological polar surface area (TPSA) is 69.2 Å². The Labute approximate surface area is 134 Å². The first-order valence-electron chi connectivity index (χ1n) is 6.88. The third kappa shape index (κ3) is 4.23. The molecule has 0 saturated carbocycles. The molecule has 0 saturated heterocycles. The van der Waals surface area contributed by atoms with E-state index in [0.29, 0.717) is 22.7 Å². The van der Waals surface area contributed by atoms with Crippen LogP contribution in [-0.4, -0.2) is 33.5 Å². The summed E-state index contributed by atoms with van der Waals surface area (Å²) in [5.74, 6) is 0.941. The molecular weight excluding hydrogens is 296 g/mol. The molecule has 0 aromatic heterocycles. The van der Waals surface area contributed by atoms with Gasteiger partial charge in [-0.15, -0.1) is 0 Å². The van der Waals surface area contributed by atoms with E-state index in [4.69, 9.17) is 9.47 Å². The van der Waals surface area contributed by atoms with Crippen molar-refractivity contribution in [3.63, 3.8) is 0 Å². The number of carbonyl (C=O) groups excluding carboxylic acids is 1. The molecule has 0 spiro atoms. The normalized spacial score (nSPS) is 10.4. The van der Waals surface area contributed by atoms with Crippen LogP contribution in [0.25, 0.3) is 0 Å². The lowest BCUT2D eigenvalue weighted by atomic mass is 10.1. The Morgan fingerprint density at radius 3 is 2.30 bits per heavy atom. The van der Waals surface area contributed by atoms with Crippen LogP contribution in [-0.2, 0) is 4.84 Å². The summed E-state index contributed by atoms with van der Waals surface area (Å²) in [5, 5.41) is 6.48. The van der Waals surface area contributed by atoms with E-state index in [1.165, 1.54) is 7.11 Å². The maximum absolute atomic E-state index is 12.3. The maximum atomic E-state index is 12.3. The molecule has 0 heterocycles. The molecule has 2 aromatic rings. The second-order valence-electron chi connectivity index (χ2n) is 4.56. The number of amides is 1. The molecule has 0 atom stereocenters. The van der Waals surface area contributed by atoms with Crippen LogP contribution in [0.2, 0.25) is 0 Å². The van der Waals surface area contributed by atoms with Crippen molar-refractivity contribution in [3.05, 3.63) is 53.6 Å². The molecule has 23 heavy (non-hydrogen) atoms. The second-order valence-corrected chi connectivity index (χ2v) is 4.56. The van der Waals surface area contributed by atoms with Crippen LogP contribution < -0.4 is 14.8 Å². The number of oxime groups is 1.